The Bertz CT molecular complexity index is 503. The normalized spacial score (nSPS) is 9.18. The van der Waals surface area contributed by atoms with E-state index in [1.165, 1.54) is 6.07 Å². The van der Waals surface area contributed by atoms with E-state index in [-0.39, 0.29) is 29.0 Å². The first-order chi connectivity index (χ1) is 8.10. The number of hydrogen-bond acceptors (Lipinski definition) is 5. The lowest BCUT2D eigenvalue weighted by molar-refractivity contribution is 0.0794. The van der Waals surface area contributed by atoms with Gasteiger partial charge in [0, 0.05) is 0 Å². The molecule has 0 aliphatic rings. The maximum Gasteiger partial charge on any atom is 0.258 e. The zero-order valence-electron chi connectivity index (χ0n) is 8.39. The molecule has 8 heteroatoms. The van der Waals surface area contributed by atoms with E-state index in [0.717, 1.165) is 4.90 Å². The second kappa shape index (κ2) is 6.00. The van der Waals surface area contributed by atoms with Crippen LogP contribution < -0.4 is 0 Å². The molecule has 0 aliphatic carbocycles. The Morgan fingerprint density at radius 3 is 2.41 bits per heavy atom. The van der Waals surface area contributed by atoms with Crippen LogP contribution >= 0.6 is 23.2 Å². The Morgan fingerprint density at radius 2 is 1.88 bits per heavy atom. The van der Waals surface area contributed by atoms with Crippen LogP contribution in [0.3, 0.4) is 0 Å². The second-order valence-electron chi connectivity index (χ2n) is 2.85. The Labute approximate surface area is 107 Å². The fourth-order valence-corrected chi connectivity index (χ4v) is 1.36. The third-order valence-corrected chi connectivity index (χ3v) is 2.22. The third-order valence-electron chi connectivity index (χ3n) is 1.76. The molecule has 1 amide bonds. The molecule has 0 unspecified atom stereocenters. The van der Waals surface area contributed by atoms with Gasteiger partial charge in [-0.3, -0.25) is 4.79 Å². The summed E-state index contributed by atoms with van der Waals surface area (Å²) in [5.74, 6) is -0.588. The molecule has 1 aromatic rings. The Morgan fingerprint density at radius 1 is 1.29 bits per heavy atom. The number of nitriles is 2. The number of amides is 1. The maximum absolute atomic E-state index is 11.9. The van der Waals surface area contributed by atoms with Crippen molar-refractivity contribution in [1.82, 2.24) is 15.1 Å². The third kappa shape index (κ3) is 3.28. The van der Waals surface area contributed by atoms with E-state index in [1.807, 2.05) is 0 Å². The molecule has 0 saturated heterocycles. The molecule has 0 saturated carbocycles. The average Bonchev–Trinajstić information content (AvgIpc) is 2.31. The monoisotopic (exact) mass is 269 g/mol. The van der Waals surface area contributed by atoms with Gasteiger partial charge in [0.05, 0.1) is 17.7 Å². The van der Waals surface area contributed by atoms with Crippen LogP contribution in [0.15, 0.2) is 6.07 Å². The van der Waals surface area contributed by atoms with Crippen molar-refractivity contribution < 1.29 is 4.79 Å². The van der Waals surface area contributed by atoms with E-state index < -0.39 is 5.91 Å². The smallest absolute Gasteiger partial charge is 0.258 e. The van der Waals surface area contributed by atoms with Gasteiger partial charge < -0.3 is 4.90 Å². The van der Waals surface area contributed by atoms with E-state index in [9.17, 15) is 4.79 Å². The SMILES string of the molecule is N#CCN(CC#N)C(=O)c1cc(Cl)nnc1Cl. The van der Waals surface area contributed by atoms with Gasteiger partial charge in [0.25, 0.3) is 5.91 Å². The number of hydrogen-bond donors (Lipinski definition) is 0. The van der Waals surface area contributed by atoms with Crippen molar-refractivity contribution in [1.29, 1.82) is 10.5 Å². The Balaban J connectivity index is 3.06. The van der Waals surface area contributed by atoms with Crippen molar-refractivity contribution in [3.63, 3.8) is 0 Å². The molecule has 0 aliphatic heterocycles. The molecule has 0 N–H and O–H groups in total. The van der Waals surface area contributed by atoms with Crippen LogP contribution in [0.4, 0.5) is 0 Å². The quantitative estimate of drug-likeness (QED) is 0.771. The van der Waals surface area contributed by atoms with E-state index >= 15 is 0 Å². The fraction of sp³-hybridized carbons (Fsp3) is 0.222. The molecule has 86 valence electrons. The lowest BCUT2D eigenvalue weighted by atomic mass is 10.2. The van der Waals surface area contributed by atoms with Gasteiger partial charge in [-0.25, -0.2) is 0 Å². The molecule has 0 bridgehead atoms. The van der Waals surface area contributed by atoms with Gasteiger partial charge in [-0.2, -0.15) is 10.5 Å². The van der Waals surface area contributed by atoms with E-state index in [0.29, 0.717) is 0 Å². The lowest BCUT2D eigenvalue weighted by Gasteiger charge is -2.15. The minimum atomic E-state index is -0.588. The summed E-state index contributed by atoms with van der Waals surface area (Å²) < 4.78 is 0. The molecule has 0 radical (unpaired) electrons. The molecule has 0 atom stereocenters. The number of nitrogens with zero attached hydrogens (tertiary/aromatic N) is 5. The number of rotatable bonds is 3. The first-order valence-corrected chi connectivity index (χ1v) is 5.07. The predicted molar refractivity (Wildman–Crippen MR) is 59.2 cm³/mol. The highest BCUT2D eigenvalue weighted by Crippen LogP contribution is 2.17. The zero-order valence-corrected chi connectivity index (χ0v) is 9.90. The Kier molecular flexibility index (Phi) is 4.65. The molecule has 6 nitrogen and oxygen atoms in total. The predicted octanol–water partition coefficient (Wildman–Crippen LogP) is 1.27. The topological polar surface area (TPSA) is 93.7 Å². The van der Waals surface area contributed by atoms with Crippen molar-refractivity contribution in [2.75, 3.05) is 13.1 Å². The van der Waals surface area contributed by atoms with Crippen LogP contribution in [0.1, 0.15) is 10.4 Å². The molecule has 17 heavy (non-hydrogen) atoms. The van der Waals surface area contributed by atoms with Crippen LogP contribution in [0.2, 0.25) is 10.3 Å². The molecule has 1 aromatic heterocycles. The highest BCUT2D eigenvalue weighted by molar-refractivity contribution is 6.34. The van der Waals surface area contributed by atoms with Crippen molar-refractivity contribution in [3.8, 4) is 12.1 Å². The van der Waals surface area contributed by atoms with Gasteiger partial charge >= 0.3 is 0 Å². The number of carbonyl (C=O) groups is 1. The van der Waals surface area contributed by atoms with Gasteiger partial charge in [0.2, 0.25) is 0 Å². The van der Waals surface area contributed by atoms with Crippen LogP contribution in [0, 0.1) is 22.7 Å². The number of halogens is 2. The van der Waals surface area contributed by atoms with Crippen LogP contribution in [-0.2, 0) is 0 Å². The summed E-state index contributed by atoms with van der Waals surface area (Å²) >= 11 is 11.3. The first-order valence-electron chi connectivity index (χ1n) is 4.32. The van der Waals surface area contributed by atoms with E-state index in [2.05, 4.69) is 10.2 Å². The summed E-state index contributed by atoms with van der Waals surface area (Å²) in [5, 5.41) is 23.9. The van der Waals surface area contributed by atoms with Crippen LogP contribution in [0.25, 0.3) is 0 Å². The number of carbonyl (C=O) groups excluding carboxylic acids is 1. The molecule has 0 fully saturated rings. The van der Waals surface area contributed by atoms with Gasteiger partial charge in [-0.15, -0.1) is 10.2 Å². The van der Waals surface area contributed by atoms with Gasteiger partial charge in [0.15, 0.2) is 10.3 Å². The summed E-state index contributed by atoms with van der Waals surface area (Å²) in [6, 6.07) is 4.80. The second-order valence-corrected chi connectivity index (χ2v) is 3.59. The highest BCUT2D eigenvalue weighted by atomic mass is 35.5. The Hall–Kier alpha value is -1.89. The zero-order chi connectivity index (χ0) is 12.8. The fourth-order valence-electron chi connectivity index (χ4n) is 1.04. The first kappa shape index (κ1) is 13.2. The molecule has 0 aromatic carbocycles. The molecule has 1 rings (SSSR count). The van der Waals surface area contributed by atoms with Crippen molar-refractivity contribution in [2.45, 2.75) is 0 Å². The molecule has 1 heterocycles. The van der Waals surface area contributed by atoms with Crippen molar-refractivity contribution in [3.05, 3.63) is 21.9 Å². The van der Waals surface area contributed by atoms with E-state index in [4.69, 9.17) is 33.7 Å². The summed E-state index contributed by atoms with van der Waals surface area (Å²) in [6.07, 6.45) is 0. The van der Waals surface area contributed by atoms with Crippen molar-refractivity contribution in [2.24, 2.45) is 0 Å². The summed E-state index contributed by atoms with van der Waals surface area (Å²) in [4.78, 5) is 12.9. The standard InChI is InChI=1S/C9H5Cl2N5O/c10-7-5-6(8(11)15-14-7)9(17)16(3-1-12)4-2-13/h5H,3-4H2. The number of aromatic nitrogens is 2. The lowest BCUT2D eigenvalue weighted by Crippen LogP contribution is -2.32. The molecular weight excluding hydrogens is 265 g/mol. The minimum Gasteiger partial charge on any atom is -0.312 e. The maximum atomic E-state index is 11.9. The van der Waals surface area contributed by atoms with Crippen LogP contribution in [0.5, 0.6) is 0 Å². The van der Waals surface area contributed by atoms with Gasteiger partial charge in [0.1, 0.15) is 13.1 Å². The van der Waals surface area contributed by atoms with Gasteiger partial charge in [-0.1, -0.05) is 23.2 Å². The highest BCUT2D eigenvalue weighted by Gasteiger charge is 2.19. The molecular formula is C9H5Cl2N5O. The van der Waals surface area contributed by atoms with E-state index in [1.54, 1.807) is 12.1 Å². The summed E-state index contributed by atoms with van der Waals surface area (Å²) in [6.45, 7) is -0.439. The summed E-state index contributed by atoms with van der Waals surface area (Å²) in [5.41, 5.74) is 0.0113. The molecule has 0 spiro atoms. The van der Waals surface area contributed by atoms with Crippen molar-refractivity contribution >= 4 is 29.1 Å². The largest absolute Gasteiger partial charge is 0.312 e. The minimum absolute atomic E-state index is 0.00613. The van der Waals surface area contributed by atoms with Gasteiger partial charge in [-0.05, 0) is 6.07 Å². The van der Waals surface area contributed by atoms with Crippen LogP contribution in [-0.4, -0.2) is 34.1 Å². The summed E-state index contributed by atoms with van der Waals surface area (Å²) in [7, 11) is 0. The average molecular weight is 270 g/mol.